The summed E-state index contributed by atoms with van der Waals surface area (Å²) >= 11 is 0. The highest BCUT2D eigenvalue weighted by molar-refractivity contribution is 6.00. The molecule has 1 aliphatic carbocycles. The predicted octanol–water partition coefficient (Wildman–Crippen LogP) is 4.74. The first-order chi connectivity index (χ1) is 16.2. The van der Waals surface area contributed by atoms with Crippen LogP contribution in [-0.4, -0.2) is 20.3 Å². The minimum atomic E-state index is -0.682. The SMILES string of the molecule is Cc1ccccc1-n1cnc2c(c1=N)C(c1cccc([N+](=O)[O-])c1)C1=C(CC(C)(C)CC1=O)O2. The number of para-hydroxylation sites is 1. The quantitative estimate of drug-likeness (QED) is 0.452. The number of hydrogen-bond donors (Lipinski definition) is 1. The highest BCUT2D eigenvalue weighted by atomic mass is 16.6. The maximum absolute atomic E-state index is 13.4. The maximum atomic E-state index is 13.4. The topological polar surface area (TPSA) is 111 Å². The number of carbonyl (C=O) groups is 1. The summed E-state index contributed by atoms with van der Waals surface area (Å²) in [6.45, 7) is 5.97. The second-order valence-corrected chi connectivity index (χ2v) is 9.63. The summed E-state index contributed by atoms with van der Waals surface area (Å²) in [5.74, 6) is 0.0409. The van der Waals surface area contributed by atoms with Gasteiger partial charge in [0.05, 0.1) is 22.1 Å². The zero-order valence-electron chi connectivity index (χ0n) is 19.2. The highest BCUT2D eigenvalue weighted by Crippen LogP contribution is 2.48. The number of nitro groups is 1. The molecule has 0 radical (unpaired) electrons. The van der Waals surface area contributed by atoms with Crippen molar-refractivity contribution in [2.45, 2.75) is 39.5 Å². The summed E-state index contributed by atoms with van der Waals surface area (Å²) in [6, 6.07) is 13.9. The van der Waals surface area contributed by atoms with Crippen molar-refractivity contribution in [3.05, 3.63) is 98.5 Å². The van der Waals surface area contributed by atoms with E-state index < -0.39 is 10.8 Å². The number of fused-ring (bicyclic) bond motifs is 1. The van der Waals surface area contributed by atoms with Gasteiger partial charge in [0.25, 0.3) is 5.69 Å². The lowest BCUT2D eigenvalue weighted by atomic mass is 9.70. The molecule has 0 fully saturated rings. The van der Waals surface area contributed by atoms with Crippen molar-refractivity contribution in [2.24, 2.45) is 5.41 Å². The summed E-state index contributed by atoms with van der Waals surface area (Å²) < 4.78 is 7.81. The molecule has 2 aliphatic rings. The molecule has 1 N–H and O–H groups in total. The number of benzene rings is 2. The Morgan fingerprint density at radius 2 is 1.94 bits per heavy atom. The number of Topliss-reactive ketones (excluding diaryl/α,β-unsaturated/α-hetero) is 1. The molecule has 8 heteroatoms. The summed E-state index contributed by atoms with van der Waals surface area (Å²) in [7, 11) is 0. The van der Waals surface area contributed by atoms with Gasteiger partial charge in [0.1, 0.15) is 17.6 Å². The molecule has 172 valence electrons. The zero-order chi connectivity index (χ0) is 24.2. The van der Waals surface area contributed by atoms with Crippen LogP contribution in [0.1, 0.15) is 49.3 Å². The van der Waals surface area contributed by atoms with Crippen molar-refractivity contribution in [1.29, 1.82) is 5.41 Å². The molecule has 1 atom stereocenters. The first-order valence-electron chi connectivity index (χ1n) is 11.1. The summed E-state index contributed by atoms with van der Waals surface area (Å²) in [6.07, 6.45) is 2.43. The first-order valence-corrected chi connectivity index (χ1v) is 11.1. The van der Waals surface area contributed by atoms with E-state index in [1.807, 2.05) is 45.0 Å². The average Bonchev–Trinajstić information content (AvgIpc) is 2.78. The smallest absolute Gasteiger partial charge is 0.269 e. The van der Waals surface area contributed by atoms with Gasteiger partial charge in [0.2, 0.25) is 5.88 Å². The first kappa shape index (κ1) is 21.8. The van der Waals surface area contributed by atoms with Crippen molar-refractivity contribution in [3.63, 3.8) is 0 Å². The number of non-ortho nitro benzene ring substituents is 1. The third kappa shape index (κ3) is 3.51. The molecule has 5 rings (SSSR count). The van der Waals surface area contributed by atoms with Crippen molar-refractivity contribution in [3.8, 4) is 11.6 Å². The van der Waals surface area contributed by atoms with E-state index in [0.717, 1.165) is 11.3 Å². The van der Waals surface area contributed by atoms with Crippen molar-refractivity contribution >= 4 is 11.5 Å². The van der Waals surface area contributed by atoms with Gasteiger partial charge in [-0.3, -0.25) is 24.9 Å². The van der Waals surface area contributed by atoms with Gasteiger partial charge >= 0.3 is 0 Å². The van der Waals surface area contributed by atoms with E-state index in [0.29, 0.717) is 35.3 Å². The van der Waals surface area contributed by atoms with Crippen molar-refractivity contribution < 1.29 is 14.5 Å². The van der Waals surface area contributed by atoms with Crippen LogP contribution in [0.4, 0.5) is 5.69 Å². The summed E-state index contributed by atoms with van der Waals surface area (Å²) in [4.78, 5) is 29.0. The number of ketones is 1. The molecule has 0 spiro atoms. The van der Waals surface area contributed by atoms with Crippen LogP contribution in [0.15, 0.2) is 66.2 Å². The molecule has 1 aromatic heterocycles. The number of nitrogens with one attached hydrogen (secondary N) is 1. The lowest BCUT2D eigenvalue weighted by Crippen LogP contribution is -2.37. The minimum Gasteiger partial charge on any atom is -0.442 e. The molecule has 1 aliphatic heterocycles. The Balaban J connectivity index is 1.79. The lowest BCUT2D eigenvalue weighted by molar-refractivity contribution is -0.384. The fourth-order valence-electron chi connectivity index (χ4n) is 4.93. The van der Waals surface area contributed by atoms with Crippen LogP contribution < -0.4 is 10.2 Å². The second-order valence-electron chi connectivity index (χ2n) is 9.63. The molecular formula is C26H24N4O4. The van der Waals surface area contributed by atoms with E-state index in [1.165, 1.54) is 12.1 Å². The predicted molar refractivity (Wildman–Crippen MR) is 125 cm³/mol. The van der Waals surface area contributed by atoms with Crippen LogP contribution in [0.25, 0.3) is 5.69 Å². The standard InChI is InChI=1S/C26H24N4O4/c1-15-7-4-5-10-18(15)29-14-28-25-23(24(29)27)21(16-8-6-9-17(11-16)30(32)33)22-19(31)12-26(2,3)13-20(22)34-25/h4-11,14,21,27H,12-13H2,1-3H3. The number of aryl methyl sites for hydroxylation is 1. The van der Waals surface area contributed by atoms with Gasteiger partial charge in [-0.1, -0.05) is 44.2 Å². The van der Waals surface area contributed by atoms with E-state index in [-0.39, 0.29) is 28.3 Å². The van der Waals surface area contributed by atoms with Crippen molar-refractivity contribution in [1.82, 2.24) is 9.55 Å². The number of aromatic nitrogens is 2. The van der Waals surface area contributed by atoms with Crippen LogP contribution in [0, 0.1) is 27.9 Å². The second kappa shape index (κ2) is 7.76. The number of rotatable bonds is 3. The maximum Gasteiger partial charge on any atom is 0.269 e. The van der Waals surface area contributed by atoms with Gasteiger partial charge in [-0.2, -0.15) is 0 Å². The van der Waals surface area contributed by atoms with Crippen LogP contribution in [-0.2, 0) is 4.79 Å². The van der Waals surface area contributed by atoms with Gasteiger partial charge in [0.15, 0.2) is 5.78 Å². The largest absolute Gasteiger partial charge is 0.442 e. The lowest BCUT2D eigenvalue weighted by Gasteiger charge is -2.37. The monoisotopic (exact) mass is 456 g/mol. The average molecular weight is 457 g/mol. The molecule has 0 amide bonds. The highest BCUT2D eigenvalue weighted by Gasteiger charge is 2.43. The Hall–Kier alpha value is -4.07. The van der Waals surface area contributed by atoms with E-state index in [1.54, 1.807) is 23.0 Å². The number of hydrogen-bond acceptors (Lipinski definition) is 6. The van der Waals surface area contributed by atoms with Crippen LogP contribution in [0.2, 0.25) is 0 Å². The molecule has 34 heavy (non-hydrogen) atoms. The molecule has 3 aromatic rings. The summed E-state index contributed by atoms with van der Waals surface area (Å²) in [5.41, 5.74) is 2.98. The van der Waals surface area contributed by atoms with E-state index in [4.69, 9.17) is 10.1 Å². The third-order valence-electron chi connectivity index (χ3n) is 6.48. The van der Waals surface area contributed by atoms with Crippen LogP contribution in [0.5, 0.6) is 5.88 Å². The third-order valence-corrected chi connectivity index (χ3v) is 6.48. The molecule has 0 saturated carbocycles. The fraction of sp³-hybridized carbons (Fsp3) is 0.269. The fourth-order valence-corrected chi connectivity index (χ4v) is 4.93. The number of carbonyl (C=O) groups excluding carboxylic acids is 1. The molecule has 2 aromatic carbocycles. The Labute approximate surface area is 196 Å². The number of nitro benzene ring substituents is 1. The Morgan fingerprint density at radius 1 is 1.18 bits per heavy atom. The van der Waals surface area contributed by atoms with Gasteiger partial charge in [0, 0.05) is 30.5 Å². The number of allylic oxidation sites excluding steroid dienone is 2. The van der Waals surface area contributed by atoms with Gasteiger partial charge in [-0.25, -0.2) is 4.98 Å². The molecule has 1 unspecified atom stereocenters. The normalized spacial score (nSPS) is 18.7. The minimum absolute atomic E-state index is 0.0703. The van der Waals surface area contributed by atoms with Gasteiger partial charge in [-0.15, -0.1) is 0 Å². The van der Waals surface area contributed by atoms with E-state index in [9.17, 15) is 14.9 Å². The number of nitrogens with zero attached hydrogens (tertiary/aromatic N) is 3. The molecule has 8 nitrogen and oxygen atoms in total. The van der Waals surface area contributed by atoms with Gasteiger partial charge < -0.3 is 4.74 Å². The summed E-state index contributed by atoms with van der Waals surface area (Å²) in [5, 5.41) is 20.6. The zero-order valence-corrected chi connectivity index (χ0v) is 19.2. The molecule has 0 bridgehead atoms. The van der Waals surface area contributed by atoms with E-state index >= 15 is 0 Å². The Bertz CT molecular complexity index is 1450. The molecular weight excluding hydrogens is 432 g/mol. The van der Waals surface area contributed by atoms with Crippen LogP contribution in [0.3, 0.4) is 0 Å². The Morgan fingerprint density at radius 3 is 2.68 bits per heavy atom. The Kier molecular flexibility index (Phi) is 4.97. The molecule has 0 saturated heterocycles. The van der Waals surface area contributed by atoms with Crippen molar-refractivity contribution in [2.75, 3.05) is 0 Å². The molecule has 2 heterocycles. The van der Waals surface area contributed by atoms with Gasteiger partial charge in [-0.05, 0) is 29.5 Å². The van der Waals surface area contributed by atoms with E-state index in [2.05, 4.69) is 4.98 Å². The number of ether oxygens (including phenoxy) is 1. The van der Waals surface area contributed by atoms with Crippen LogP contribution >= 0.6 is 0 Å².